The maximum absolute atomic E-state index is 5.64. The lowest BCUT2D eigenvalue weighted by atomic mass is 10.0. The van der Waals surface area contributed by atoms with Gasteiger partial charge in [0, 0.05) is 16.8 Å². The van der Waals surface area contributed by atoms with Gasteiger partial charge in [-0.15, -0.1) is 11.3 Å². The first-order valence-electron chi connectivity index (χ1n) is 7.44. The molecule has 3 aromatic rings. The van der Waals surface area contributed by atoms with Crippen molar-refractivity contribution in [2.45, 2.75) is 12.1 Å². The molecular weight excluding hydrogens is 322 g/mol. The Morgan fingerprint density at radius 3 is 2.52 bits per heavy atom. The molecule has 1 aliphatic rings. The van der Waals surface area contributed by atoms with Gasteiger partial charge in [-0.1, -0.05) is 30.3 Å². The van der Waals surface area contributed by atoms with E-state index in [0.29, 0.717) is 0 Å². The first-order valence-corrected chi connectivity index (χ1v) is 8.72. The van der Waals surface area contributed by atoms with Crippen molar-refractivity contribution in [1.29, 1.82) is 0 Å². The fraction of sp³-hybridized carbons (Fsp3) is 0.111. The smallest absolute Gasteiger partial charge is 0.174 e. The second-order valence-electron chi connectivity index (χ2n) is 5.35. The van der Waals surface area contributed by atoms with Crippen LogP contribution in [0.25, 0.3) is 0 Å². The second-order valence-corrected chi connectivity index (χ2v) is 6.71. The third-order valence-corrected chi connectivity index (χ3v) is 5.22. The van der Waals surface area contributed by atoms with E-state index in [1.807, 2.05) is 36.5 Å². The van der Waals surface area contributed by atoms with Crippen molar-refractivity contribution in [3.05, 3.63) is 82.8 Å². The first-order chi connectivity index (χ1) is 11.3. The summed E-state index contributed by atoms with van der Waals surface area (Å²) in [4.78, 5) is 8.01. The minimum absolute atomic E-state index is 0.0440. The van der Waals surface area contributed by atoms with Crippen molar-refractivity contribution in [1.82, 2.24) is 10.3 Å². The van der Waals surface area contributed by atoms with E-state index >= 15 is 0 Å². The minimum Gasteiger partial charge on any atom is -0.351 e. The molecule has 0 spiro atoms. The number of rotatable bonds is 3. The van der Waals surface area contributed by atoms with Crippen molar-refractivity contribution < 1.29 is 0 Å². The van der Waals surface area contributed by atoms with Gasteiger partial charge < -0.3 is 10.2 Å². The maximum atomic E-state index is 5.64. The van der Waals surface area contributed by atoms with Crippen LogP contribution in [0.15, 0.2) is 72.2 Å². The van der Waals surface area contributed by atoms with Gasteiger partial charge in [0.2, 0.25) is 0 Å². The van der Waals surface area contributed by atoms with Gasteiger partial charge in [-0.05, 0) is 47.9 Å². The number of nitrogens with zero attached hydrogens (tertiary/aromatic N) is 2. The average Bonchev–Trinajstić information content (AvgIpc) is 3.24. The number of nitrogens with one attached hydrogen (secondary N) is 1. The van der Waals surface area contributed by atoms with E-state index in [2.05, 4.69) is 50.9 Å². The van der Waals surface area contributed by atoms with Gasteiger partial charge in [-0.25, -0.2) is 0 Å². The van der Waals surface area contributed by atoms with E-state index in [-0.39, 0.29) is 12.1 Å². The van der Waals surface area contributed by atoms with Crippen molar-refractivity contribution in [3.63, 3.8) is 0 Å². The standard InChI is InChI=1S/C18H15N3S2/c22-18-20-16(14-9-4-5-11-19-14)17(15-10-6-12-23-15)21(18)13-7-2-1-3-8-13/h1-12,16-17H,(H,20,22)/t16-,17+/m0/s1. The maximum Gasteiger partial charge on any atom is 0.174 e. The summed E-state index contributed by atoms with van der Waals surface area (Å²) in [7, 11) is 0. The Kier molecular flexibility index (Phi) is 3.81. The van der Waals surface area contributed by atoms with Crippen LogP contribution < -0.4 is 10.2 Å². The number of para-hydroxylation sites is 1. The first kappa shape index (κ1) is 14.4. The lowest BCUT2D eigenvalue weighted by Gasteiger charge is -2.26. The molecule has 2 aromatic heterocycles. The number of benzene rings is 1. The van der Waals surface area contributed by atoms with E-state index in [0.717, 1.165) is 16.5 Å². The third-order valence-electron chi connectivity index (χ3n) is 3.97. The minimum atomic E-state index is 0.0440. The number of pyridine rings is 1. The Morgan fingerprint density at radius 2 is 1.83 bits per heavy atom. The molecule has 1 aliphatic heterocycles. The highest BCUT2D eigenvalue weighted by Gasteiger charge is 2.40. The van der Waals surface area contributed by atoms with Gasteiger partial charge in [0.25, 0.3) is 0 Å². The predicted molar refractivity (Wildman–Crippen MR) is 98.7 cm³/mol. The van der Waals surface area contributed by atoms with Crippen molar-refractivity contribution in [2.24, 2.45) is 0 Å². The molecule has 0 aliphatic carbocycles. The molecule has 1 aromatic carbocycles. The van der Waals surface area contributed by atoms with Crippen LogP contribution in [-0.2, 0) is 0 Å². The summed E-state index contributed by atoms with van der Waals surface area (Å²) >= 11 is 7.39. The number of hydrogen-bond donors (Lipinski definition) is 1. The van der Waals surface area contributed by atoms with Gasteiger partial charge >= 0.3 is 0 Å². The number of hydrogen-bond acceptors (Lipinski definition) is 3. The monoisotopic (exact) mass is 337 g/mol. The highest BCUT2D eigenvalue weighted by atomic mass is 32.1. The zero-order valence-corrected chi connectivity index (χ0v) is 13.9. The van der Waals surface area contributed by atoms with E-state index in [9.17, 15) is 0 Å². The van der Waals surface area contributed by atoms with Crippen LogP contribution in [0.5, 0.6) is 0 Å². The molecule has 0 bridgehead atoms. The molecule has 3 heterocycles. The Morgan fingerprint density at radius 1 is 1.00 bits per heavy atom. The van der Waals surface area contributed by atoms with Crippen LogP contribution >= 0.6 is 23.6 Å². The molecule has 0 radical (unpaired) electrons. The molecule has 114 valence electrons. The van der Waals surface area contributed by atoms with Gasteiger partial charge in [-0.3, -0.25) is 4.98 Å². The van der Waals surface area contributed by atoms with Crippen LogP contribution in [0.2, 0.25) is 0 Å². The lowest BCUT2D eigenvalue weighted by molar-refractivity contribution is 0.575. The van der Waals surface area contributed by atoms with Crippen LogP contribution in [-0.4, -0.2) is 10.1 Å². The van der Waals surface area contributed by atoms with E-state index in [4.69, 9.17) is 12.2 Å². The van der Waals surface area contributed by atoms with Gasteiger partial charge in [0.15, 0.2) is 5.11 Å². The van der Waals surface area contributed by atoms with Gasteiger partial charge in [-0.2, -0.15) is 0 Å². The summed E-state index contributed by atoms with van der Waals surface area (Å²) in [5.74, 6) is 0. The fourth-order valence-corrected chi connectivity index (χ4v) is 4.17. The molecule has 5 heteroatoms. The summed E-state index contributed by atoms with van der Waals surface area (Å²) in [6.45, 7) is 0. The number of thiophene rings is 1. The van der Waals surface area contributed by atoms with E-state index in [1.165, 1.54) is 4.88 Å². The molecular formula is C18H15N3S2. The van der Waals surface area contributed by atoms with Crippen LogP contribution in [0.4, 0.5) is 5.69 Å². The molecule has 3 nitrogen and oxygen atoms in total. The topological polar surface area (TPSA) is 28.2 Å². The number of anilines is 1. The van der Waals surface area contributed by atoms with Crippen molar-refractivity contribution in [2.75, 3.05) is 4.90 Å². The van der Waals surface area contributed by atoms with E-state index in [1.54, 1.807) is 11.3 Å². The van der Waals surface area contributed by atoms with Crippen molar-refractivity contribution in [3.8, 4) is 0 Å². The fourth-order valence-electron chi connectivity index (χ4n) is 2.97. The summed E-state index contributed by atoms with van der Waals surface area (Å²) in [6, 6.07) is 20.7. The normalized spacial score (nSPS) is 20.5. The van der Waals surface area contributed by atoms with Crippen molar-refractivity contribution >= 4 is 34.4 Å². The Bertz CT molecular complexity index is 788. The van der Waals surface area contributed by atoms with Gasteiger partial charge in [0.05, 0.1) is 17.8 Å². The van der Waals surface area contributed by atoms with Crippen LogP contribution in [0, 0.1) is 0 Å². The van der Waals surface area contributed by atoms with Crippen LogP contribution in [0.3, 0.4) is 0 Å². The molecule has 0 saturated carbocycles. The number of thiocarbonyl (C=S) groups is 1. The zero-order valence-electron chi connectivity index (χ0n) is 12.3. The molecule has 23 heavy (non-hydrogen) atoms. The Hall–Kier alpha value is -2.24. The second kappa shape index (κ2) is 6.10. The largest absolute Gasteiger partial charge is 0.351 e. The highest BCUT2D eigenvalue weighted by molar-refractivity contribution is 7.80. The molecule has 1 saturated heterocycles. The lowest BCUT2D eigenvalue weighted by Crippen LogP contribution is -2.28. The zero-order chi connectivity index (χ0) is 15.6. The molecule has 2 atom stereocenters. The predicted octanol–water partition coefficient (Wildman–Crippen LogP) is 4.32. The molecule has 0 unspecified atom stereocenters. The summed E-state index contributed by atoms with van der Waals surface area (Å²) in [5, 5.41) is 6.31. The highest BCUT2D eigenvalue weighted by Crippen LogP contribution is 2.42. The van der Waals surface area contributed by atoms with Crippen LogP contribution in [0.1, 0.15) is 22.7 Å². The SMILES string of the molecule is S=C1N[C@@H](c2ccccn2)[C@@H](c2cccs2)N1c1ccccc1. The molecule has 1 N–H and O–H groups in total. The molecule has 0 amide bonds. The number of aromatic nitrogens is 1. The Labute approximate surface area is 144 Å². The summed E-state index contributed by atoms with van der Waals surface area (Å²) < 4.78 is 0. The average molecular weight is 337 g/mol. The molecule has 4 rings (SSSR count). The summed E-state index contributed by atoms with van der Waals surface area (Å²) in [6.07, 6.45) is 1.83. The Balaban J connectivity index is 1.81. The van der Waals surface area contributed by atoms with Gasteiger partial charge in [0.1, 0.15) is 0 Å². The molecule has 1 fully saturated rings. The summed E-state index contributed by atoms with van der Waals surface area (Å²) in [5.41, 5.74) is 2.11. The quantitative estimate of drug-likeness (QED) is 0.721. The third kappa shape index (κ3) is 2.62. The van der Waals surface area contributed by atoms with E-state index < -0.39 is 0 Å².